The summed E-state index contributed by atoms with van der Waals surface area (Å²) in [5, 5.41) is 11.4. The number of aryl methyl sites for hydroxylation is 1. The van der Waals surface area contributed by atoms with E-state index in [1.807, 2.05) is 25.1 Å². The fourth-order valence-corrected chi connectivity index (χ4v) is 5.00. The second-order valence-electron chi connectivity index (χ2n) is 8.13. The van der Waals surface area contributed by atoms with Gasteiger partial charge in [0, 0.05) is 12.6 Å². The summed E-state index contributed by atoms with van der Waals surface area (Å²) in [5.74, 6) is -0.342. The molecule has 1 saturated heterocycles. The van der Waals surface area contributed by atoms with Gasteiger partial charge in [-0.25, -0.2) is 0 Å². The third-order valence-corrected chi connectivity index (χ3v) is 6.89. The first-order chi connectivity index (χ1) is 14.3. The maximum atomic E-state index is 11.4. The molecule has 7 heteroatoms. The van der Waals surface area contributed by atoms with Gasteiger partial charge in [0.2, 0.25) is 0 Å². The molecule has 0 bridgehead atoms. The molecule has 2 aromatic carbocycles. The standard InChI is InChI=1S/C16H21NO2.C7H8O3S/c18-16(19)15-10-13-8-4-5-9-14(13)17(15)11-12-6-2-1-3-7-12;1-6-2-4-7(5-3-6)11(8,9)10/h1-3,6-7,13-15H,4-5,8-11H2,(H,18,19);2-5H,1H3,(H,8,9,10)/p-1/t13-,14-,15-;/m0./s1. The highest BCUT2D eigenvalue weighted by Crippen LogP contribution is 2.40. The molecule has 1 aliphatic heterocycles. The van der Waals surface area contributed by atoms with Gasteiger partial charge in [-0.1, -0.05) is 60.9 Å². The van der Waals surface area contributed by atoms with Gasteiger partial charge in [0.25, 0.3) is 10.1 Å². The normalized spacial score (nSPS) is 23.9. The lowest BCUT2D eigenvalue weighted by Crippen LogP contribution is -2.47. The Labute approximate surface area is 178 Å². The van der Waals surface area contributed by atoms with Crippen molar-refractivity contribution in [2.45, 2.75) is 62.6 Å². The minimum Gasteiger partial charge on any atom is -0.548 e. The lowest BCUT2D eigenvalue weighted by atomic mass is 9.84. The molecular formula is C23H28NO5S-. The van der Waals surface area contributed by atoms with E-state index >= 15 is 0 Å². The molecule has 0 unspecified atom stereocenters. The van der Waals surface area contributed by atoms with Crippen LogP contribution in [0.25, 0.3) is 0 Å². The molecule has 30 heavy (non-hydrogen) atoms. The summed E-state index contributed by atoms with van der Waals surface area (Å²) in [5.41, 5.74) is 2.15. The van der Waals surface area contributed by atoms with Crippen molar-refractivity contribution < 1.29 is 22.9 Å². The Kier molecular flexibility index (Phi) is 7.28. The van der Waals surface area contributed by atoms with E-state index in [0.717, 1.165) is 24.9 Å². The third-order valence-electron chi connectivity index (χ3n) is 6.02. The minimum atomic E-state index is -4.02. The van der Waals surface area contributed by atoms with Gasteiger partial charge >= 0.3 is 0 Å². The number of benzene rings is 2. The topological polar surface area (TPSA) is 97.7 Å². The molecule has 0 amide bonds. The Morgan fingerprint density at radius 3 is 2.30 bits per heavy atom. The van der Waals surface area contributed by atoms with Crippen molar-refractivity contribution in [3.05, 3.63) is 65.7 Å². The van der Waals surface area contributed by atoms with Crippen molar-refractivity contribution in [2.24, 2.45) is 5.92 Å². The molecule has 6 nitrogen and oxygen atoms in total. The molecule has 1 N–H and O–H groups in total. The number of aliphatic carboxylic acids is 1. The van der Waals surface area contributed by atoms with Crippen molar-refractivity contribution in [3.63, 3.8) is 0 Å². The summed E-state index contributed by atoms with van der Waals surface area (Å²) < 4.78 is 29.6. The van der Waals surface area contributed by atoms with Crippen molar-refractivity contribution in [1.29, 1.82) is 0 Å². The van der Waals surface area contributed by atoms with Crippen LogP contribution in [0.4, 0.5) is 0 Å². The smallest absolute Gasteiger partial charge is 0.294 e. The maximum absolute atomic E-state index is 11.4. The zero-order valence-electron chi connectivity index (χ0n) is 17.1. The van der Waals surface area contributed by atoms with Crippen molar-refractivity contribution >= 4 is 16.1 Å². The van der Waals surface area contributed by atoms with Crippen LogP contribution in [0.1, 0.15) is 43.2 Å². The summed E-state index contributed by atoms with van der Waals surface area (Å²) >= 11 is 0. The number of rotatable bonds is 4. The fraction of sp³-hybridized carbons (Fsp3) is 0.435. The zero-order chi connectivity index (χ0) is 21.7. The Morgan fingerprint density at radius 2 is 1.70 bits per heavy atom. The number of carbonyl (C=O) groups is 1. The minimum absolute atomic E-state index is 0.0666. The number of carbonyl (C=O) groups excluding carboxylic acids is 1. The Morgan fingerprint density at radius 1 is 1.07 bits per heavy atom. The molecule has 1 heterocycles. The molecule has 2 aliphatic rings. The SMILES string of the molecule is Cc1ccc(S(=O)(=O)O)cc1.O=C([O-])[C@@H]1C[C@@H]2CCCC[C@@H]2N1Cc1ccccc1. The Balaban J connectivity index is 0.000000199. The molecule has 4 rings (SSSR count). The fourth-order valence-electron chi connectivity index (χ4n) is 4.52. The van der Waals surface area contributed by atoms with Gasteiger partial charge in [-0.3, -0.25) is 9.45 Å². The predicted molar refractivity (Wildman–Crippen MR) is 112 cm³/mol. The van der Waals surface area contributed by atoms with Gasteiger partial charge in [-0.2, -0.15) is 8.42 Å². The van der Waals surface area contributed by atoms with E-state index in [1.165, 1.54) is 37.0 Å². The number of carboxylic acid groups (broad SMARTS) is 1. The molecule has 1 saturated carbocycles. The number of hydrogen-bond acceptors (Lipinski definition) is 5. The molecule has 0 spiro atoms. The molecule has 2 fully saturated rings. The van der Waals surface area contributed by atoms with Gasteiger partial charge in [-0.05, 0) is 49.8 Å². The first-order valence-electron chi connectivity index (χ1n) is 10.3. The first-order valence-corrected chi connectivity index (χ1v) is 11.7. The van der Waals surface area contributed by atoms with Crippen LogP contribution < -0.4 is 5.11 Å². The van der Waals surface area contributed by atoms with E-state index in [0.29, 0.717) is 12.0 Å². The summed E-state index contributed by atoms with van der Waals surface area (Å²) in [6.07, 6.45) is 5.58. The summed E-state index contributed by atoms with van der Waals surface area (Å²) in [4.78, 5) is 13.5. The van der Waals surface area contributed by atoms with E-state index in [2.05, 4.69) is 17.0 Å². The molecule has 3 atom stereocenters. The predicted octanol–water partition coefficient (Wildman–Crippen LogP) is 2.81. The second-order valence-corrected chi connectivity index (χ2v) is 9.55. The van der Waals surface area contributed by atoms with Crippen LogP contribution in [0.3, 0.4) is 0 Å². The highest BCUT2D eigenvalue weighted by Gasteiger charge is 2.42. The van der Waals surface area contributed by atoms with E-state index in [1.54, 1.807) is 12.1 Å². The van der Waals surface area contributed by atoms with Crippen LogP contribution in [0.2, 0.25) is 0 Å². The van der Waals surface area contributed by atoms with Crippen molar-refractivity contribution in [3.8, 4) is 0 Å². The average molecular weight is 431 g/mol. The molecule has 0 aromatic heterocycles. The van der Waals surface area contributed by atoms with Gasteiger partial charge in [-0.15, -0.1) is 0 Å². The maximum Gasteiger partial charge on any atom is 0.294 e. The number of nitrogens with zero attached hydrogens (tertiary/aromatic N) is 1. The summed E-state index contributed by atoms with van der Waals surface area (Å²) in [6, 6.07) is 16.2. The van der Waals surface area contributed by atoms with Crippen LogP contribution >= 0.6 is 0 Å². The average Bonchev–Trinajstić information content (AvgIpc) is 3.08. The largest absolute Gasteiger partial charge is 0.548 e. The zero-order valence-corrected chi connectivity index (χ0v) is 17.9. The van der Waals surface area contributed by atoms with E-state index in [4.69, 9.17) is 4.55 Å². The van der Waals surface area contributed by atoms with E-state index < -0.39 is 22.1 Å². The number of carboxylic acids is 1. The summed E-state index contributed by atoms with van der Waals surface area (Å²) in [7, 11) is -4.02. The van der Waals surface area contributed by atoms with E-state index in [-0.39, 0.29) is 4.90 Å². The third kappa shape index (κ3) is 5.68. The van der Waals surface area contributed by atoms with Crippen LogP contribution in [-0.4, -0.2) is 35.9 Å². The van der Waals surface area contributed by atoms with Gasteiger partial charge in [0.05, 0.1) is 16.9 Å². The number of fused-ring (bicyclic) bond motifs is 1. The van der Waals surface area contributed by atoms with E-state index in [9.17, 15) is 18.3 Å². The monoisotopic (exact) mass is 430 g/mol. The second kappa shape index (κ2) is 9.73. The highest BCUT2D eigenvalue weighted by molar-refractivity contribution is 7.85. The molecule has 1 aliphatic carbocycles. The van der Waals surface area contributed by atoms with Crippen LogP contribution in [-0.2, 0) is 21.5 Å². The quantitative estimate of drug-likeness (QED) is 0.749. The lowest BCUT2D eigenvalue weighted by Gasteiger charge is -2.34. The van der Waals surface area contributed by atoms with Gasteiger partial charge < -0.3 is 9.90 Å². The Hall–Kier alpha value is -2.22. The van der Waals surface area contributed by atoms with Crippen molar-refractivity contribution in [2.75, 3.05) is 0 Å². The lowest BCUT2D eigenvalue weighted by molar-refractivity contribution is -0.311. The summed E-state index contributed by atoms with van der Waals surface area (Å²) in [6.45, 7) is 2.58. The molecular weight excluding hydrogens is 402 g/mol. The van der Waals surface area contributed by atoms with Crippen LogP contribution in [0, 0.1) is 12.8 Å². The first kappa shape index (κ1) is 22.5. The highest BCUT2D eigenvalue weighted by atomic mass is 32.2. The molecule has 2 aromatic rings. The molecule has 162 valence electrons. The number of likely N-dealkylation sites (tertiary alicyclic amines) is 1. The van der Waals surface area contributed by atoms with Crippen LogP contribution in [0.5, 0.6) is 0 Å². The Bertz CT molecular complexity index is 943. The number of hydrogen-bond donors (Lipinski definition) is 1. The van der Waals surface area contributed by atoms with Gasteiger partial charge in [0.15, 0.2) is 0 Å². The molecule has 0 radical (unpaired) electrons. The van der Waals surface area contributed by atoms with Crippen molar-refractivity contribution in [1.82, 2.24) is 4.90 Å². The van der Waals surface area contributed by atoms with Crippen LogP contribution in [0.15, 0.2) is 59.5 Å². The van der Waals surface area contributed by atoms with Gasteiger partial charge in [0.1, 0.15) is 0 Å².